The second kappa shape index (κ2) is 9.88. The third kappa shape index (κ3) is 5.08. The summed E-state index contributed by atoms with van der Waals surface area (Å²) in [7, 11) is 0.936. The molecule has 3 N–H and O–H groups in total. The highest BCUT2D eigenvalue weighted by molar-refractivity contribution is 6.05. The molecule has 0 bridgehead atoms. The number of amides is 2. The molecule has 0 saturated carbocycles. The van der Waals surface area contributed by atoms with E-state index in [9.17, 15) is 27.2 Å². The molecule has 0 unspecified atom stereocenters. The minimum atomic E-state index is -4.68. The molecular weight excluding hydrogens is 494 g/mol. The van der Waals surface area contributed by atoms with Gasteiger partial charge in [-0.2, -0.15) is 18.3 Å². The quantitative estimate of drug-likeness (QED) is 0.324. The van der Waals surface area contributed by atoms with Crippen molar-refractivity contribution < 1.29 is 33.3 Å². The standard InChI is InChI=1S/C25H21F4N5O3/c1-12(17-10-15(25(27,28)29)5-7-19(17)26)32-22(35)18-8-14(11-31-24(18)37-3)13-4-6-16-20(9-13)33-34-21(16)23(36)30-2/h4-12H,1-3H3,(H,30,36)(H,32,35)(H,33,34)/t12-/m0/s1/i3D. The van der Waals surface area contributed by atoms with Crippen molar-refractivity contribution in [3.63, 3.8) is 0 Å². The Hall–Kier alpha value is -4.48. The first-order chi connectivity index (χ1) is 18.0. The number of fused-ring (bicyclic) bond motifs is 1. The fourth-order valence-electron chi connectivity index (χ4n) is 3.78. The van der Waals surface area contributed by atoms with Gasteiger partial charge < -0.3 is 15.4 Å². The predicted octanol–water partition coefficient (Wildman–Crippen LogP) is 4.64. The average molecular weight is 516 g/mol. The summed E-state index contributed by atoms with van der Waals surface area (Å²) in [4.78, 5) is 29.2. The number of hydrogen-bond acceptors (Lipinski definition) is 5. The molecule has 0 radical (unpaired) electrons. The van der Waals surface area contributed by atoms with E-state index in [4.69, 9.17) is 6.11 Å². The molecular formula is C25H21F4N5O3. The number of carbonyl (C=O) groups is 2. The van der Waals surface area contributed by atoms with Crippen LogP contribution in [0.5, 0.6) is 5.88 Å². The SMILES string of the molecule is [2H]COc1ncc(-c2ccc3c(C(=O)NC)n[nH]c3c2)cc1C(=O)N[C@@H](C)c1cc(C(F)(F)F)ccc1F. The van der Waals surface area contributed by atoms with E-state index in [1.54, 1.807) is 18.2 Å². The lowest BCUT2D eigenvalue weighted by Crippen LogP contribution is -2.28. The number of methoxy groups -OCH3 is 1. The number of nitrogens with one attached hydrogen (secondary N) is 3. The molecule has 2 aromatic carbocycles. The van der Waals surface area contributed by atoms with Gasteiger partial charge in [-0.3, -0.25) is 14.7 Å². The number of aromatic amines is 1. The fourth-order valence-corrected chi connectivity index (χ4v) is 3.78. The van der Waals surface area contributed by atoms with E-state index < -0.39 is 36.6 Å². The minimum Gasteiger partial charge on any atom is -0.480 e. The lowest BCUT2D eigenvalue weighted by atomic mass is 10.0. The molecule has 0 spiro atoms. The normalized spacial score (nSPS) is 12.6. The molecule has 4 aromatic rings. The molecule has 0 saturated heterocycles. The summed E-state index contributed by atoms with van der Waals surface area (Å²) in [6, 6.07) is 7.30. The molecule has 0 aliphatic rings. The van der Waals surface area contributed by atoms with Crippen LogP contribution in [0.3, 0.4) is 0 Å². The van der Waals surface area contributed by atoms with Crippen molar-refractivity contribution in [1.82, 2.24) is 25.8 Å². The zero-order valence-corrected chi connectivity index (χ0v) is 19.5. The number of nitrogens with zero attached hydrogens (tertiary/aromatic N) is 2. The number of ether oxygens (including phenoxy) is 1. The largest absolute Gasteiger partial charge is 0.480 e. The van der Waals surface area contributed by atoms with Crippen molar-refractivity contribution >= 4 is 22.7 Å². The highest BCUT2D eigenvalue weighted by atomic mass is 19.4. The van der Waals surface area contributed by atoms with Gasteiger partial charge in [-0.1, -0.05) is 6.07 Å². The zero-order chi connectivity index (χ0) is 27.6. The predicted molar refractivity (Wildman–Crippen MR) is 127 cm³/mol. The molecule has 2 heterocycles. The van der Waals surface area contributed by atoms with Gasteiger partial charge in [0.1, 0.15) is 11.4 Å². The maximum atomic E-state index is 14.3. The van der Waals surface area contributed by atoms with Crippen LogP contribution in [-0.2, 0) is 6.18 Å². The zero-order valence-electron chi connectivity index (χ0n) is 20.5. The van der Waals surface area contributed by atoms with Crippen molar-refractivity contribution in [2.45, 2.75) is 19.1 Å². The smallest absolute Gasteiger partial charge is 0.416 e. The number of H-pyrrole nitrogens is 1. The van der Waals surface area contributed by atoms with Crippen LogP contribution in [0.25, 0.3) is 22.0 Å². The van der Waals surface area contributed by atoms with Gasteiger partial charge in [-0.15, -0.1) is 0 Å². The first kappa shape index (κ1) is 24.2. The van der Waals surface area contributed by atoms with Crippen LogP contribution in [0.2, 0.25) is 0 Å². The Balaban J connectivity index is 1.67. The second-order valence-electron chi connectivity index (χ2n) is 8.06. The Kier molecular flexibility index (Phi) is 6.47. The van der Waals surface area contributed by atoms with Crippen molar-refractivity contribution in [2.24, 2.45) is 0 Å². The Morgan fingerprint density at radius 1 is 1.11 bits per heavy atom. The number of benzene rings is 2. The maximum absolute atomic E-state index is 14.3. The van der Waals surface area contributed by atoms with Gasteiger partial charge in [-0.05, 0) is 48.9 Å². The second-order valence-corrected chi connectivity index (χ2v) is 8.06. The Morgan fingerprint density at radius 3 is 2.59 bits per heavy atom. The highest BCUT2D eigenvalue weighted by Crippen LogP contribution is 2.32. The van der Waals surface area contributed by atoms with Gasteiger partial charge in [-0.25, -0.2) is 9.37 Å². The molecule has 4 rings (SSSR count). The van der Waals surface area contributed by atoms with E-state index in [2.05, 4.69) is 25.8 Å². The fraction of sp³-hybridized carbons (Fsp3) is 0.200. The number of hydrogen-bond donors (Lipinski definition) is 3. The van der Waals surface area contributed by atoms with Gasteiger partial charge in [0, 0.05) is 29.8 Å². The number of aromatic nitrogens is 3. The highest BCUT2D eigenvalue weighted by Gasteiger charge is 2.32. The van der Waals surface area contributed by atoms with Crippen LogP contribution in [0, 0.1) is 5.82 Å². The first-order valence-corrected chi connectivity index (χ1v) is 10.8. The third-order valence-electron chi connectivity index (χ3n) is 5.71. The van der Waals surface area contributed by atoms with E-state index >= 15 is 0 Å². The Morgan fingerprint density at radius 2 is 1.89 bits per heavy atom. The summed E-state index contributed by atoms with van der Waals surface area (Å²) in [5.41, 5.74) is 0.311. The third-order valence-corrected chi connectivity index (χ3v) is 5.71. The lowest BCUT2D eigenvalue weighted by Gasteiger charge is -2.18. The van der Waals surface area contributed by atoms with Gasteiger partial charge in [0.05, 0.1) is 25.6 Å². The van der Waals surface area contributed by atoms with E-state index in [0.717, 1.165) is 0 Å². The molecule has 8 nitrogen and oxygen atoms in total. The van der Waals surface area contributed by atoms with E-state index in [1.165, 1.54) is 26.2 Å². The number of alkyl halides is 3. The first-order valence-electron chi connectivity index (χ1n) is 11.5. The van der Waals surface area contributed by atoms with Crippen LogP contribution in [0.15, 0.2) is 48.7 Å². The van der Waals surface area contributed by atoms with Gasteiger partial charge >= 0.3 is 6.18 Å². The van der Waals surface area contributed by atoms with Crippen molar-refractivity contribution in [2.75, 3.05) is 14.1 Å². The van der Waals surface area contributed by atoms with Crippen LogP contribution in [0.1, 0.15) is 46.3 Å². The Labute approximate surface area is 209 Å². The van der Waals surface area contributed by atoms with Gasteiger partial charge in [0.25, 0.3) is 11.8 Å². The molecule has 1 atom stereocenters. The summed E-state index contributed by atoms with van der Waals surface area (Å²) < 4.78 is 66.1. The topological polar surface area (TPSA) is 109 Å². The number of halogens is 4. The number of rotatable bonds is 6. The van der Waals surface area contributed by atoms with Crippen LogP contribution in [0.4, 0.5) is 17.6 Å². The van der Waals surface area contributed by atoms with Crippen LogP contribution in [-0.4, -0.2) is 41.1 Å². The molecule has 192 valence electrons. The monoisotopic (exact) mass is 516 g/mol. The Bertz CT molecular complexity index is 1520. The van der Waals surface area contributed by atoms with Crippen LogP contribution < -0.4 is 15.4 Å². The van der Waals surface area contributed by atoms with Gasteiger partial charge in [0.15, 0.2) is 5.69 Å². The summed E-state index contributed by atoms with van der Waals surface area (Å²) in [6.07, 6.45) is -3.27. The molecule has 2 amide bonds. The van der Waals surface area contributed by atoms with E-state index in [0.29, 0.717) is 40.2 Å². The van der Waals surface area contributed by atoms with Crippen molar-refractivity contribution in [1.29, 1.82) is 0 Å². The van der Waals surface area contributed by atoms with Crippen molar-refractivity contribution in [3.05, 3.63) is 76.9 Å². The maximum Gasteiger partial charge on any atom is 0.416 e. The summed E-state index contributed by atoms with van der Waals surface area (Å²) in [6.45, 7) is 1.34. The molecule has 12 heteroatoms. The number of pyridine rings is 1. The molecule has 37 heavy (non-hydrogen) atoms. The summed E-state index contributed by atoms with van der Waals surface area (Å²) in [5.74, 6) is -2.25. The summed E-state index contributed by atoms with van der Waals surface area (Å²) in [5, 5.41) is 12.3. The molecule has 0 aliphatic heterocycles. The molecule has 2 aromatic heterocycles. The van der Waals surface area contributed by atoms with E-state index in [-0.39, 0.29) is 28.6 Å². The van der Waals surface area contributed by atoms with E-state index in [1.807, 2.05) is 0 Å². The summed E-state index contributed by atoms with van der Waals surface area (Å²) >= 11 is 0. The average Bonchev–Trinajstić information content (AvgIpc) is 3.31. The molecule has 0 aliphatic carbocycles. The van der Waals surface area contributed by atoms with Crippen molar-refractivity contribution in [3.8, 4) is 17.0 Å². The number of carbonyl (C=O) groups excluding carboxylic acids is 2. The lowest BCUT2D eigenvalue weighted by molar-refractivity contribution is -0.137. The molecule has 0 fully saturated rings. The van der Waals surface area contributed by atoms with Crippen LogP contribution >= 0.6 is 0 Å². The minimum absolute atomic E-state index is 0.107. The van der Waals surface area contributed by atoms with Gasteiger partial charge in [0.2, 0.25) is 5.88 Å².